The van der Waals surface area contributed by atoms with Crippen molar-refractivity contribution in [3.8, 4) is 5.88 Å². The lowest BCUT2D eigenvalue weighted by molar-refractivity contribution is -0.198. The molecule has 4 rings (SSSR count). The van der Waals surface area contributed by atoms with Gasteiger partial charge in [-0.3, -0.25) is 9.59 Å². The van der Waals surface area contributed by atoms with Gasteiger partial charge in [0.1, 0.15) is 11.9 Å². The molecule has 13 heteroatoms. The van der Waals surface area contributed by atoms with Gasteiger partial charge in [-0.05, 0) is 56.4 Å². The zero-order valence-corrected chi connectivity index (χ0v) is 23.8. The summed E-state index contributed by atoms with van der Waals surface area (Å²) >= 11 is 0. The Morgan fingerprint density at radius 2 is 1.88 bits per heavy atom. The molecule has 0 saturated carbocycles. The number of aliphatic carboxylic acids is 1. The van der Waals surface area contributed by atoms with E-state index in [4.69, 9.17) is 15.2 Å². The van der Waals surface area contributed by atoms with Gasteiger partial charge in [0.2, 0.25) is 17.9 Å². The fraction of sp³-hybridized carbons (Fsp3) is 0.586. The molecule has 1 aromatic heterocycles. The number of alkyl halides is 3. The lowest BCUT2D eigenvalue weighted by Gasteiger charge is -2.43. The van der Waals surface area contributed by atoms with Crippen LogP contribution in [0.4, 0.5) is 24.9 Å². The van der Waals surface area contributed by atoms with Gasteiger partial charge in [0.05, 0.1) is 6.61 Å². The van der Waals surface area contributed by atoms with Crippen LogP contribution in [0.3, 0.4) is 0 Å². The van der Waals surface area contributed by atoms with Crippen molar-refractivity contribution in [3.63, 3.8) is 0 Å². The third-order valence-electron chi connectivity index (χ3n) is 8.22. The van der Waals surface area contributed by atoms with Crippen LogP contribution in [-0.2, 0) is 20.7 Å². The molecule has 0 aliphatic carbocycles. The Morgan fingerprint density at radius 1 is 1.19 bits per heavy atom. The molecule has 3 heterocycles. The van der Waals surface area contributed by atoms with Gasteiger partial charge in [-0.15, -0.1) is 0 Å². The minimum Gasteiger partial charge on any atom is -0.480 e. The predicted octanol–water partition coefficient (Wildman–Crippen LogP) is 4.44. The molecule has 4 N–H and O–H groups in total. The molecule has 2 aliphatic rings. The highest BCUT2D eigenvalue weighted by Gasteiger charge is 2.50. The minimum absolute atomic E-state index is 0.0756. The number of ether oxygens (including phenoxy) is 2. The number of aryl methyl sites for hydroxylation is 1. The number of nitrogen functional groups attached to an aromatic ring is 1. The largest absolute Gasteiger partial charge is 0.480 e. The highest BCUT2D eigenvalue weighted by atomic mass is 19.4. The van der Waals surface area contributed by atoms with Crippen LogP contribution in [0, 0.1) is 5.41 Å². The molecule has 2 aliphatic heterocycles. The van der Waals surface area contributed by atoms with Gasteiger partial charge in [0.25, 0.3) is 0 Å². The van der Waals surface area contributed by atoms with Crippen molar-refractivity contribution in [1.29, 1.82) is 0 Å². The molecule has 42 heavy (non-hydrogen) atoms. The number of rotatable bonds is 11. The summed E-state index contributed by atoms with van der Waals surface area (Å²) < 4.78 is 52.7. The van der Waals surface area contributed by atoms with Gasteiger partial charge in [-0.1, -0.05) is 31.2 Å². The number of esters is 1. The number of carbonyl (C=O) groups is 2. The highest BCUT2D eigenvalue weighted by molar-refractivity contribution is 5.74. The van der Waals surface area contributed by atoms with Crippen LogP contribution in [-0.4, -0.2) is 65.0 Å². The minimum atomic E-state index is -4.73. The van der Waals surface area contributed by atoms with E-state index >= 15 is 0 Å². The first kappa shape index (κ1) is 31.3. The van der Waals surface area contributed by atoms with Gasteiger partial charge >= 0.3 is 18.1 Å². The maximum absolute atomic E-state index is 14.1. The number of carboxylic acids is 1. The molecular weight excluding hydrogens is 555 g/mol. The third kappa shape index (κ3) is 7.42. The molecule has 1 spiro atoms. The van der Waals surface area contributed by atoms with Crippen LogP contribution < -0.4 is 20.7 Å². The monoisotopic (exact) mass is 593 g/mol. The SMILES string of the molecule is CCOC(=O)CCCc1ccc([C@@H](Oc2cc(N3CCC4(CC3)CC(C(=O)O)NC4CC)nc(N)n2)C(F)(F)F)cc1. The van der Waals surface area contributed by atoms with Crippen molar-refractivity contribution in [2.75, 3.05) is 30.3 Å². The summed E-state index contributed by atoms with van der Waals surface area (Å²) in [6, 6.07) is 6.74. The Bertz CT molecular complexity index is 1240. The zero-order chi connectivity index (χ0) is 30.5. The second-order valence-electron chi connectivity index (χ2n) is 10.9. The summed E-state index contributed by atoms with van der Waals surface area (Å²) in [6.45, 7) is 5.14. The Balaban J connectivity index is 1.44. The maximum Gasteiger partial charge on any atom is 0.429 e. The average Bonchev–Trinajstić information content (AvgIpc) is 3.30. The summed E-state index contributed by atoms with van der Waals surface area (Å²) in [5.41, 5.74) is 6.42. The van der Waals surface area contributed by atoms with E-state index in [0.717, 1.165) is 12.0 Å². The molecular formula is C29H38F3N5O5. The number of benzene rings is 1. The lowest BCUT2D eigenvalue weighted by Crippen LogP contribution is -2.46. The number of nitrogens with two attached hydrogens (primary N) is 1. The quantitative estimate of drug-likeness (QED) is 0.321. The van der Waals surface area contributed by atoms with Crippen LogP contribution in [0.25, 0.3) is 0 Å². The second-order valence-corrected chi connectivity index (χ2v) is 10.9. The van der Waals surface area contributed by atoms with Crippen molar-refractivity contribution < 1.29 is 37.3 Å². The fourth-order valence-electron chi connectivity index (χ4n) is 6.10. The summed E-state index contributed by atoms with van der Waals surface area (Å²) in [4.78, 5) is 33.2. The van der Waals surface area contributed by atoms with Gasteiger partial charge in [0, 0.05) is 37.2 Å². The summed E-state index contributed by atoms with van der Waals surface area (Å²) in [7, 11) is 0. The van der Waals surface area contributed by atoms with Gasteiger partial charge in [0.15, 0.2) is 0 Å². The Labute approximate surface area is 242 Å². The van der Waals surface area contributed by atoms with E-state index in [0.29, 0.717) is 57.6 Å². The highest BCUT2D eigenvalue weighted by Crippen LogP contribution is 2.46. The molecule has 2 fully saturated rings. The van der Waals surface area contributed by atoms with E-state index < -0.39 is 24.3 Å². The molecule has 230 valence electrons. The lowest BCUT2D eigenvalue weighted by atomic mass is 9.71. The topological polar surface area (TPSA) is 140 Å². The molecule has 0 radical (unpaired) electrons. The number of piperidine rings is 1. The smallest absolute Gasteiger partial charge is 0.429 e. The number of nitrogens with one attached hydrogen (secondary N) is 1. The molecule has 0 amide bonds. The van der Waals surface area contributed by atoms with Gasteiger partial charge < -0.3 is 30.5 Å². The van der Waals surface area contributed by atoms with E-state index in [2.05, 4.69) is 15.3 Å². The Kier molecular flexibility index (Phi) is 9.80. The number of hydrogen-bond acceptors (Lipinski definition) is 9. The number of carbonyl (C=O) groups excluding carboxylic acids is 1. The molecule has 10 nitrogen and oxygen atoms in total. The normalized spacial score (nSPS) is 20.8. The van der Waals surface area contributed by atoms with Crippen LogP contribution in [0.2, 0.25) is 0 Å². The third-order valence-corrected chi connectivity index (χ3v) is 8.22. The Morgan fingerprint density at radius 3 is 2.48 bits per heavy atom. The standard InChI is InChI=1S/C29H38F3N5O5/c1-3-21-28(17-20(34-21)26(39)40)12-14-37(15-13-28)22-16-23(36-27(33)35-22)42-25(29(30,31)32)19-10-8-18(9-11-19)6-5-7-24(38)41-4-2/h8-11,16,20-21,25,34H,3-7,12-15,17H2,1-2H3,(H,39,40)(H2,33,35,36)/t20?,21?,25-/m1/s1. The Hall–Kier alpha value is -3.61. The molecule has 3 atom stereocenters. The summed E-state index contributed by atoms with van der Waals surface area (Å²) in [6.07, 6.45) is -2.98. The number of anilines is 2. The summed E-state index contributed by atoms with van der Waals surface area (Å²) in [5.74, 6) is -1.31. The fourth-order valence-corrected chi connectivity index (χ4v) is 6.10. The van der Waals surface area contributed by atoms with E-state index in [-0.39, 0.29) is 41.2 Å². The van der Waals surface area contributed by atoms with E-state index in [1.54, 1.807) is 19.1 Å². The first-order chi connectivity index (χ1) is 19.9. The predicted molar refractivity (Wildman–Crippen MR) is 149 cm³/mol. The molecule has 2 saturated heterocycles. The first-order valence-electron chi connectivity index (χ1n) is 14.3. The number of hydrogen-bond donors (Lipinski definition) is 3. The van der Waals surface area contributed by atoms with Crippen LogP contribution in [0.5, 0.6) is 5.88 Å². The van der Waals surface area contributed by atoms with E-state index in [1.807, 2.05) is 11.8 Å². The van der Waals surface area contributed by atoms with Crippen molar-refractivity contribution >= 4 is 23.7 Å². The molecule has 0 bridgehead atoms. The second kappa shape index (κ2) is 13.1. The maximum atomic E-state index is 14.1. The van der Waals surface area contributed by atoms with E-state index in [1.165, 1.54) is 18.2 Å². The van der Waals surface area contributed by atoms with Crippen LogP contribution in [0.1, 0.15) is 69.6 Å². The first-order valence-corrected chi connectivity index (χ1v) is 14.3. The molecule has 2 unspecified atom stereocenters. The average molecular weight is 594 g/mol. The number of halogens is 3. The number of nitrogens with zero attached hydrogens (tertiary/aromatic N) is 3. The van der Waals surface area contributed by atoms with Crippen LogP contribution in [0.15, 0.2) is 30.3 Å². The number of carboxylic acid groups (broad SMARTS) is 1. The molecule has 2 aromatic rings. The van der Waals surface area contributed by atoms with Crippen molar-refractivity contribution in [1.82, 2.24) is 15.3 Å². The summed E-state index contributed by atoms with van der Waals surface area (Å²) in [5, 5.41) is 12.8. The van der Waals surface area contributed by atoms with Gasteiger partial charge in [-0.2, -0.15) is 23.1 Å². The van der Waals surface area contributed by atoms with Crippen LogP contribution >= 0.6 is 0 Å². The van der Waals surface area contributed by atoms with Crippen molar-refractivity contribution in [3.05, 3.63) is 41.5 Å². The van der Waals surface area contributed by atoms with Crippen molar-refractivity contribution in [2.45, 2.75) is 83.2 Å². The zero-order valence-electron chi connectivity index (χ0n) is 23.8. The van der Waals surface area contributed by atoms with Crippen molar-refractivity contribution in [2.24, 2.45) is 5.41 Å². The van der Waals surface area contributed by atoms with E-state index in [9.17, 15) is 27.9 Å². The molecule has 1 aromatic carbocycles. The van der Waals surface area contributed by atoms with Gasteiger partial charge in [-0.25, -0.2) is 0 Å². The number of aromatic nitrogens is 2.